The molecule has 2 rings (SSSR count). The Bertz CT molecular complexity index is 707. The van der Waals surface area contributed by atoms with Crippen LogP contribution < -0.4 is 9.47 Å². The number of benzene rings is 1. The summed E-state index contributed by atoms with van der Waals surface area (Å²) in [4.78, 5) is 15.2. The molecule has 1 aromatic carbocycles. The fraction of sp³-hybridized carbons (Fsp3) is 0.300. The van der Waals surface area contributed by atoms with Gasteiger partial charge in [0.05, 0.1) is 5.75 Å². The molecule has 25 heavy (non-hydrogen) atoms. The van der Waals surface area contributed by atoms with Crippen LogP contribution in [0, 0.1) is 0 Å². The lowest BCUT2D eigenvalue weighted by molar-refractivity contribution is -0.692. The maximum Gasteiger partial charge on any atom is 0.281 e. The van der Waals surface area contributed by atoms with E-state index in [1.54, 1.807) is 19.0 Å². The van der Waals surface area contributed by atoms with Crippen molar-refractivity contribution >= 4 is 34.8 Å². The molecule has 0 bridgehead atoms. The van der Waals surface area contributed by atoms with Gasteiger partial charge in [0.25, 0.3) is 5.24 Å². The maximum absolute atomic E-state index is 11.5. The molecule has 0 unspecified atom stereocenters. The molecule has 0 aliphatic carbocycles. The number of aromatic nitrogens is 1. The number of rotatable bonds is 6. The second-order valence-corrected chi connectivity index (χ2v) is 7.24. The quantitative estimate of drug-likeness (QED) is 0.740. The highest BCUT2D eigenvalue weighted by Crippen LogP contribution is 2.14. The number of pyridine rings is 1. The third-order valence-corrected chi connectivity index (χ3v) is 4.73. The van der Waals surface area contributed by atoms with E-state index in [1.165, 1.54) is 23.0 Å². The zero-order valence-corrected chi connectivity index (χ0v) is 16.2. The highest BCUT2D eigenvalue weighted by Gasteiger charge is 2.06. The van der Waals surface area contributed by atoms with Crippen LogP contribution in [0.25, 0.3) is 12.2 Å². The molecule has 1 aromatic heterocycles. The Hall–Kier alpha value is -2.27. The van der Waals surface area contributed by atoms with Crippen molar-refractivity contribution in [2.75, 3.05) is 38.8 Å². The van der Waals surface area contributed by atoms with Gasteiger partial charge in [-0.1, -0.05) is 36.0 Å². The van der Waals surface area contributed by atoms with Gasteiger partial charge in [-0.25, -0.2) is 4.57 Å². The molecule has 0 atom stereocenters. The topological polar surface area (TPSA) is 27.4 Å². The average molecular weight is 357 g/mol. The van der Waals surface area contributed by atoms with E-state index in [4.69, 9.17) is 0 Å². The molecular formula is C20H26N3OS+. The number of carbonyl (C=O) groups is 1. The Morgan fingerprint density at radius 3 is 2.04 bits per heavy atom. The summed E-state index contributed by atoms with van der Waals surface area (Å²) in [5.74, 6) is 0.773. The van der Waals surface area contributed by atoms with E-state index in [9.17, 15) is 4.79 Å². The molecule has 0 aliphatic heterocycles. The molecule has 5 heteroatoms. The minimum absolute atomic E-state index is 0.0976. The smallest absolute Gasteiger partial charge is 0.281 e. The number of hydrogen-bond donors (Lipinski definition) is 0. The number of nitrogens with zero attached hydrogens (tertiary/aromatic N) is 3. The SMILES string of the molecule is CN(C)C(=O)SCC[n+]1ccc(/C=C/c2ccc(N(C)C)cc2)cc1. The minimum Gasteiger partial charge on any atom is -0.378 e. The van der Waals surface area contributed by atoms with Crippen LogP contribution in [0.4, 0.5) is 10.5 Å². The Kier molecular flexibility index (Phi) is 7.07. The van der Waals surface area contributed by atoms with Crippen LogP contribution in [-0.4, -0.2) is 44.1 Å². The first-order chi connectivity index (χ1) is 12.0. The lowest BCUT2D eigenvalue weighted by Crippen LogP contribution is -2.34. The summed E-state index contributed by atoms with van der Waals surface area (Å²) >= 11 is 1.34. The first kappa shape index (κ1) is 19.1. The molecule has 0 radical (unpaired) electrons. The monoisotopic (exact) mass is 356 g/mol. The van der Waals surface area contributed by atoms with E-state index in [2.05, 4.69) is 70.4 Å². The molecule has 0 saturated carbocycles. The van der Waals surface area contributed by atoms with Gasteiger partial charge in [-0.3, -0.25) is 4.79 Å². The second-order valence-electron chi connectivity index (χ2n) is 6.20. The van der Waals surface area contributed by atoms with Gasteiger partial charge >= 0.3 is 0 Å². The van der Waals surface area contributed by atoms with Gasteiger partial charge in [-0.05, 0) is 23.3 Å². The summed E-state index contributed by atoms with van der Waals surface area (Å²) in [6.45, 7) is 0.820. The van der Waals surface area contributed by atoms with Gasteiger partial charge in [-0.15, -0.1) is 0 Å². The fourth-order valence-corrected chi connectivity index (χ4v) is 2.91. The highest BCUT2D eigenvalue weighted by atomic mass is 32.2. The summed E-state index contributed by atoms with van der Waals surface area (Å²) in [6, 6.07) is 12.6. The summed E-state index contributed by atoms with van der Waals surface area (Å²) in [6.07, 6.45) is 8.33. The van der Waals surface area contributed by atoms with Crippen molar-refractivity contribution in [2.24, 2.45) is 0 Å². The molecule has 0 spiro atoms. The van der Waals surface area contributed by atoms with Crippen LogP contribution in [0.1, 0.15) is 11.1 Å². The molecule has 2 aromatic rings. The Labute approximate surface area is 154 Å². The number of anilines is 1. The Morgan fingerprint density at radius 2 is 1.52 bits per heavy atom. The Balaban J connectivity index is 1.88. The number of hydrogen-bond acceptors (Lipinski definition) is 3. The van der Waals surface area contributed by atoms with Crippen molar-refractivity contribution in [1.29, 1.82) is 0 Å². The minimum atomic E-state index is 0.0976. The van der Waals surface area contributed by atoms with Crippen molar-refractivity contribution in [3.8, 4) is 0 Å². The molecule has 1 heterocycles. The number of carbonyl (C=O) groups excluding carboxylic acids is 1. The zero-order chi connectivity index (χ0) is 18.2. The summed E-state index contributed by atoms with van der Waals surface area (Å²) in [5.41, 5.74) is 3.54. The van der Waals surface area contributed by atoms with Gasteiger partial charge in [-0.2, -0.15) is 0 Å². The van der Waals surface area contributed by atoms with Crippen molar-refractivity contribution < 1.29 is 9.36 Å². The number of aryl methyl sites for hydroxylation is 1. The molecule has 1 amide bonds. The van der Waals surface area contributed by atoms with E-state index in [1.807, 2.05) is 14.1 Å². The lowest BCUT2D eigenvalue weighted by atomic mass is 10.1. The maximum atomic E-state index is 11.5. The number of thioether (sulfide) groups is 1. The molecule has 0 fully saturated rings. The van der Waals surface area contributed by atoms with E-state index >= 15 is 0 Å². The molecule has 0 saturated heterocycles. The first-order valence-electron chi connectivity index (χ1n) is 8.24. The van der Waals surface area contributed by atoms with Gasteiger partial charge in [0, 0.05) is 46.0 Å². The largest absolute Gasteiger partial charge is 0.378 e. The van der Waals surface area contributed by atoms with Gasteiger partial charge < -0.3 is 9.80 Å². The fourth-order valence-electron chi connectivity index (χ4n) is 2.17. The van der Waals surface area contributed by atoms with Crippen LogP contribution >= 0.6 is 11.8 Å². The van der Waals surface area contributed by atoms with E-state index in [0.717, 1.165) is 17.9 Å². The molecule has 0 aliphatic rings. The Morgan fingerprint density at radius 1 is 0.960 bits per heavy atom. The molecule has 0 N–H and O–H groups in total. The predicted molar refractivity (Wildman–Crippen MR) is 108 cm³/mol. The van der Waals surface area contributed by atoms with Crippen molar-refractivity contribution in [3.63, 3.8) is 0 Å². The highest BCUT2D eigenvalue weighted by molar-refractivity contribution is 8.13. The van der Waals surface area contributed by atoms with Crippen molar-refractivity contribution in [3.05, 3.63) is 59.9 Å². The third kappa shape index (κ3) is 6.27. The molecule has 4 nitrogen and oxygen atoms in total. The third-order valence-electron chi connectivity index (χ3n) is 3.73. The van der Waals surface area contributed by atoms with Gasteiger partial charge in [0.1, 0.15) is 0 Å². The first-order valence-corrected chi connectivity index (χ1v) is 9.23. The molecule has 132 valence electrons. The molecular weight excluding hydrogens is 330 g/mol. The van der Waals surface area contributed by atoms with Crippen LogP contribution in [-0.2, 0) is 6.54 Å². The van der Waals surface area contributed by atoms with E-state index in [0.29, 0.717) is 0 Å². The van der Waals surface area contributed by atoms with Crippen molar-refractivity contribution in [1.82, 2.24) is 4.90 Å². The van der Waals surface area contributed by atoms with Crippen LogP contribution in [0.3, 0.4) is 0 Å². The van der Waals surface area contributed by atoms with Gasteiger partial charge in [0.2, 0.25) is 0 Å². The predicted octanol–water partition coefficient (Wildman–Crippen LogP) is 3.63. The summed E-state index contributed by atoms with van der Waals surface area (Å²) in [7, 11) is 7.63. The number of amides is 1. The normalized spacial score (nSPS) is 10.9. The van der Waals surface area contributed by atoms with Gasteiger partial charge in [0.15, 0.2) is 18.9 Å². The summed E-state index contributed by atoms with van der Waals surface area (Å²) in [5, 5.41) is 0.0976. The van der Waals surface area contributed by atoms with Crippen LogP contribution in [0.5, 0.6) is 0 Å². The van der Waals surface area contributed by atoms with E-state index < -0.39 is 0 Å². The van der Waals surface area contributed by atoms with E-state index in [-0.39, 0.29) is 5.24 Å². The standard InChI is InChI=1S/C20H26N3OS/c1-21(2)19-9-7-17(8-10-19)5-6-18-11-13-23(14-12-18)15-16-25-20(24)22(3)4/h5-14H,15-16H2,1-4H3/q+1. The van der Waals surface area contributed by atoms with Crippen molar-refractivity contribution in [2.45, 2.75) is 6.54 Å². The second kappa shape index (κ2) is 9.28. The lowest BCUT2D eigenvalue weighted by Gasteiger charge is -2.11. The average Bonchev–Trinajstić information content (AvgIpc) is 2.61. The van der Waals surface area contributed by atoms with Crippen LogP contribution in [0.2, 0.25) is 0 Å². The summed E-state index contributed by atoms with van der Waals surface area (Å²) < 4.78 is 2.10. The van der Waals surface area contributed by atoms with Crippen LogP contribution in [0.15, 0.2) is 48.8 Å². The zero-order valence-electron chi connectivity index (χ0n) is 15.3.